The lowest BCUT2D eigenvalue weighted by atomic mass is 10.0. The molecule has 1 aliphatic heterocycles. The van der Waals surface area contributed by atoms with Gasteiger partial charge in [0.15, 0.2) is 0 Å². The number of benzene rings is 1. The van der Waals surface area contributed by atoms with E-state index in [2.05, 4.69) is 12.2 Å². The zero-order valence-corrected chi connectivity index (χ0v) is 14.6. The molecule has 2 N–H and O–H groups in total. The smallest absolute Gasteiger partial charge is 0.293 e. The van der Waals surface area contributed by atoms with Crippen LogP contribution in [-0.2, 0) is 10.0 Å². The minimum Gasteiger partial charge on any atom is -0.392 e. The summed E-state index contributed by atoms with van der Waals surface area (Å²) in [4.78, 5) is 10.6. The minimum absolute atomic E-state index is 0.0775. The first kappa shape index (κ1) is 18.6. The lowest BCUT2D eigenvalue weighted by molar-refractivity contribution is -0.384. The van der Waals surface area contributed by atoms with Gasteiger partial charge in [-0.05, 0) is 37.8 Å². The Kier molecular flexibility index (Phi) is 5.79. The van der Waals surface area contributed by atoms with Crippen LogP contribution < -0.4 is 5.32 Å². The number of hydrogen-bond acceptors (Lipinski definition) is 6. The van der Waals surface area contributed by atoms with Crippen molar-refractivity contribution in [2.75, 3.05) is 25.0 Å². The average molecular weight is 357 g/mol. The largest absolute Gasteiger partial charge is 0.392 e. The molecule has 1 aromatic carbocycles. The molecule has 0 bridgehead atoms. The molecule has 0 spiro atoms. The normalized spacial score (nSPS) is 18.3. The van der Waals surface area contributed by atoms with Crippen molar-refractivity contribution in [2.45, 2.75) is 37.7 Å². The standard InChI is InChI=1S/C15H23N3O5S/c1-11-5-7-17(8-6-11)24(22,23)13-3-4-14(16-10-12(2)19)15(9-13)18(20)21/h3-4,9,11-12,16,19H,5-8,10H2,1-2H3/t12-/m1/s1. The third-order valence-corrected chi connectivity index (χ3v) is 6.03. The third kappa shape index (κ3) is 4.22. The molecule has 0 unspecified atom stereocenters. The van der Waals surface area contributed by atoms with Gasteiger partial charge in [0, 0.05) is 25.7 Å². The number of hydrogen-bond donors (Lipinski definition) is 2. The number of nitrogens with one attached hydrogen (secondary N) is 1. The van der Waals surface area contributed by atoms with Crippen LogP contribution in [0.15, 0.2) is 23.1 Å². The van der Waals surface area contributed by atoms with Gasteiger partial charge in [-0.2, -0.15) is 4.31 Å². The van der Waals surface area contributed by atoms with E-state index in [0.717, 1.165) is 18.9 Å². The second-order valence-electron chi connectivity index (χ2n) is 6.25. The Morgan fingerprint density at radius 3 is 2.58 bits per heavy atom. The Hall–Kier alpha value is -1.71. The van der Waals surface area contributed by atoms with Gasteiger partial charge in [-0.25, -0.2) is 8.42 Å². The monoisotopic (exact) mass is 357 g/mol. The van der Waals surface area contributed by atoms with Gasteiger partial charge in [0.05, 0.1) is 15.9 Å². The predicted molar refractivity (Wildman–Crippen MR) is 90.4 cm³/mol. The Morgan fingerprint density at radius 2 is 2.04 bits per heavy atom. The SMILES string of the molecule is CC1CCN(S(=O)(=O)c2ccc(NC[C@@H](C)O)c([N+](=O)[O-])c2)CC1. The summed E-state index contributed by atoms with van der Waals surface area (Å²) < 4.78 is 26.8. The van der Waals surface area contributed by atoms with Crippen molar-refractivity contribution in [3.8, 4) is 0 Å². The van der Waals surface area contributed by atoms with E-state index in [4.69, 9.17) is 0 Å². The molecule has 0 saturated carbocycles. The predicted octanol–water partition coefficient (Wildman–Crippen LogP) is 1.81. The highest BCUT2D eigenvalue weighted by atomic mass is 32.2. The molecule has 1 atom stereocenters. The highest BCUT2D eigenvalue weighted by molar-refractivity contribution is 7.89. The van der Waals surface area contributed by atoms with Crippen molar-refractivity contribution in [3.63, 3.8) is 0 Å². The van der Waals surface area contributed by atoms with Crippen LogP contribution in [0.2, 0.25) is 0 Å². The molecule has 0 radical (unpaired) electrons. The fourth-order valence-corrected chi connectivity index (χ4v) is 4.09. The maximum absolute atomic E-state index is 12.7. The minimum atomic E-state index is -3.74. The highest BCUT2D eigenvalue weighted by Crippen LogP contribution is 2.30. The van der Waals surface area contributed by atoms with Crippen LogP contribution in [-0.4, -0.2) is 48.5 Å². The fraction of sp³-hybridized carbons (Fsp3) is 0.600. The number of sulfonamides is 1. The molecule has 1 saturated heterocycles. The Labute approximate surface area is 141 Å². The number of aliphatic hydroxyl groups excluding tert-OH is 1. The molecule has 2 rings (SSSR count). The maximum atomic E-state index is 12.7. The van der Waals surface area contributed by atoms with Gasteiger partial charge in [0.1, 0.15) is 5.69 Å². The number of aliphatic hydroxyl groups is 1. The first-order valence-corrected chi connectivity index (χ1v) is 9.36. The molecule has 0 aliphatic carbocycles. The lowest BCUT2D eigenvalue weighted by Gasteiger charge is -2.29. The molecular formula is C15H23N3O5S. The number of nitrogens with zero attached hydrogens (tertiary/aromatic N) is 2. The second-order valence-corrected chi connectivity index (χ2v) is 8.19. The molecule has 1 aromatic rings. The Morgan fingerprint density at radius 1 is 1.42 bits per heavy atom. The number of rotatable bonds is 6. The van der Waals surface area contributed by atoms with Crippen LogP contribution in [0.1, 0.15) is 26.7 Å². The van der Waals surface area contributed by atoms with Crippen LogP contribution in [0.3, 0.4) is 0 Å². The third-order valence-electron chi connectivity index (χ3n) is 4.13. The van der Waals surface area contributed by atoms with Crippen molar-refractivity contribution in [1.29, 1.82) is 0 Å². The highest BCUT2D eigenvalue weighted by Gasteiger charge is 2.30. The van der Waals surface area contributed by atoms with Gasteiger partial charge < -0.3 is 10.4 Å². The molecule has 1 heterocycles. The summed E-state index contributed by atoms with van der Waals surface area (Å²) in [7, 11) is -3.74. The molecule has 0 aromatic heterocycles. The lowest BCUT2D eigenvalue weighted by Crippen LogP contribution is -2.37. The number of anilines is 1. The van der Waals surface area contributed by atoms with E-state index >= 15 is 0 Å². The van der Waals surface area contributed by atoms with Gasteiger partial charge in [-0.15, -0.1) is 0 Å². The zero-order chi connectivity index (χ0) is 17.9. The van der Waals surface area contributed by atoms with E-state index in [-0.39, 0.29) is 22.8 Å². The van der Waals surface area contributed by atoms with E-state index in [1.165, 1.54) is 16.4 Å². The summed E-state index contributed by atoms with van der Waals surface area (Å²) in [5.41, 5.74) is -0.130. The molecule has 134 valence electrons. The second kappa shape index (κ2) is 7.45. The first-order valence-electron chi connectivity index (χ1n) is 7.92. The van der Waals surface area contributed by atoms with Gasteiger partial charge in [-0.1, -0.05) is 6.92 Å². The maximum Gasteiger partial charge on any atom is 0.293 e. The van der Waals surface area contributed by atoms with Gasteiger partial charge >= 0.3 is 0 Å². The summed E-state index contributed by atoms with van der Waals surface area (Å²) in [6.45, 7) is 4.63. The number of nitro benzene ring substituents is 1. The molecular weight excluding hydrogens is 334 g/mol. The quantitative estimate of drug-likeness (QED) is 0.593. The Balaban J connectivity index is 2.30. The number of nitro groups is 1. The summed E-state index contributed by atoms with van der Waals surface area (Å²) in [6, 6.07) is 3.82. The van der Waals surface area contributed by atoms with E-state index in [1.54, 1.807) is 6.92 Å². The van der Waals surface area contributed by atoms with Crippen LogP contribution >= 0.6 is 0 Å². The van der Waals surface area contributed by atoms with Crippen LogP contribution in [0.5, 0.6) is 0 Å². The van der Waals surface area contributed by atoms with Gasteiger partial charge in [-0.3, -0.25) is 10.1 Å². The summed E-state index contributed by atoms with van der Waals surface area (Å²) in [6.07, 6.45) is 0.897. The molecule has 24 heavy (non-hydrogen) atoms. The molecule has 8 nitrogen and oxygen atoms in total. The number of piperidine rings is 1. The van der Waals surface area contributed by atoms with Crippen LogP contribution in [0.25, 0.3) is 0 Å². The van der Waals surface area contributed by atoms with Crippen molar-refractivity contribution < 1.29 is 18.4 Å². The average Bonchev–Trinajstić information content (AvgIpc) is 2.53. The van der Waals surface area contributed by atoms with E-state index in [0.29, 0.717) is 19.0 Å². The fourth-order valence-electron chi connectivity index (χ4n) is 2.60. The topological polar surface area (TPSA) is 113 Å². The van der Waals surface area contributed by atoms with Gasteiger partial charge in [0.25, 0.3) is 5.69 Å². The van der Waals surface area contributed by atoms with Crippen LogP contribution in [0.4, 0.5) is 11.4 Å². The van der Waals surface area contributed by atoms with E-state index in [9.17, 15) is 23.6 Å². The first-order chi connectivity index (χ1) is 11.2. The molecule has 0 amide bonds. The van der Waals surface area contributed by atoms with Crippen molar-refractivity contribution in [3.05, 3.63) is 28.3 Å². The van der Waals surface area contributed by atoms with E-state index in [1.807, 2.05) is 0 Å². The summed E-state index contributed by atoms with van der Waals surface area (Å²) in [5.74, 6) is 0.484. The van der Waals surface area contributed by atoms with Crippen molar-refractivity contribution in [1.82, 2.24) is 4.31 Å². The van der Waals surface area contributed by atoms with Crippen LogP contribution in [0, 0.1) is 16.0 Å². The molecule has 9 heteroatoms. The molecule has 1 aliphatic rings. The van der Waals surface area contributed by atoms with Crippen molar-refractivity contribution in [2.24, 2.45) is 5.92 Å². The van der Waals surface area contributed by atoms with Gasteiger partial charge in [0.2, 0.25) is 10.0 Å². The van der Waals surface area contributed by atoms with Crippen molar-refractivity contribution >= 4 is 21.4 Å². The zero-order valence-electron chi connectivity index (χ0n) is 13.8. The Bertz CT molecular complexity index is 697. The summed E-state index contributed by atoms with van der Waals surface area (Å²) >= 11 is 0. The van der Waals surface area contributed by atoms with E-state index < -0.39 is 21.1 Å². The molecule has 1 fully saturated rings. The summed E-state index contributed by atoms with van der Waals surface area (Å²) in [5, 5.41) is 23.3.